The van der Waals surface area contributed by atoms with Crippen LogP contribution in [0.4, 0.5) is 24.5 Å². The Kier molecular flexibility index (Phi) is 7.17. The minimum absolute atomic E-state index is 0.0789. The number of rotatable bonds is 6. The van der Waals surface area contributed by atoms with Crippen molar-refractivity contribution in [2.24, 2.45) is 5.73 Å². The third kappa shape index (κ3) is 6.31. The zero-order valence-electron chi connectivity index (χ0n) is 19.2. The second-order valence-electron chi connectivity index (χ2n) is 8.64. The molecule has 1 fully saturated rings. The number of nitrogens with one attached hydrogen (secondary N) is 2. The van der Waals surface area contributed by atoms with Gasteiger partial charge in [-0.25, -0.2) is 8.42 Å². The van der Waals surface area contributed by atoms with Gasteiger partial charge < -0.3 is 20.9 Å². The molecule has 36 heavy (non-hydrogen) atoms. The average Bonchev–Trinajstić information content (AvgIpc) is 3.15. The van der Waals surface area contributed by atoms with Crippen molar-refractivity contribution >= 4 is 38.0 Å². The molecule has 1 amide bonds. The molecule has 3 aromatic rings. The van der Waals surface area contributed by atoms with Crippen LogP contribution >= 0.6 is 0 Å². The summed E-state index contributed by atoms with van der Waals surface area (Å²) in [7, 11) is -3.03. The molecule has 0 spiro atoms. The van der Waals surface area contributed by atoms with E-state index in [-0.39, 0.29) is 29.8 Å². The number of hydrogen-bond donors (Lipinski definition) is 3. The highest BCUT2D eigenvalue weighted by molar-refractivity contribution is 7.91. The van der Waals surface area contributed by atoms with Crippen molar-refractivity contribution in [3.05, 3.63) is 59.8 Å². The number of alkyl halides is 3. The molecule has 11 heteroatoms. The molecule has 190 valence electrons. The third-order valence-corrected chi connectivity index (χ3v) is 7.68. The number of carbonyl (C=O) groups is 1. The highest BCUT2D eigenvalue weighted by Gasteiger charge is 2.30. The smallest absolute Gasteiger partial charge is 0.382 e. The third-order valence-electron chi connectivity index (χ3n) is 5.96. The summed E-state index contributed by atoms with van der Waals surface area (Å²) in [6, 6.07) is 13.1. The minimum Gasteiger partial charge on any atom is -0.382 e. The van der Waals surface area contributed by atoms with E-state index >= 15 is 0 Å². The molecule has 0 aliphatic carbocycles. The molecular formula is C25H25F3N4O3S. The Morgan fingerprint density at radius 3 is 2.44 bits per heavy atom. The van der Waals surface area contributed by atoms with E-state index in [1.807, 2.05) is 0 Å². The first kappa shape index (κ1) is 25.4. The van der Waals surface area contributed by atoms with Gasteiger partial charge in [-0.2, -0.15) is 13.2 Å². The number of amides is 1. The lowest BCUT2D eigenvalue weighted by Crippen LogP contribution is -2.32. The highest BCUT2D eigenvalue weighted by Crippen LogP contribution is 2.31. The molecule has 2 heterocycles. The van der Waals surface area contributed by atoms with Crippen LogP contribution in [0.2, 0.25) is 0 Å². The molecule has 0 saturated carbocycles. The van der Waals surface area contributed by atoms with Gasteiger partial charge in [-0.05, 0) is 61.2 Å². The maximum absolute atomic E-state index is 13.4. The second kappa shape index (κ2) is 10.1. The van der Waals surface area contributed by atoms with Gasteiger partial charge in [0, 0.05) is 28.4 Å². The van der Waals surface area contributed by atoms with Crippen molar-refractivity contribution in [1.82, 2.24) is 4.57 Å². The maximum atomic E-state index is 13.4. The summed E-state index contributed by atoms with van der Waals surface area (Å²) in [5, 5.41) is 6.94. The maximum Gasteiger partial charge on any atom is 0.406 e. The van der Waals surface area contributed by atoms with E-state index < -0.39 is 28.5 Å². The Labute approximate surface area is 206 Å². The number of benzene rings is 2. The molecule has 4 N–H and O–H groups in total. The molecule has 0 atom stereocenters. The summed E-state index contributed by atoms with van der Waals surface area (Å²) in [5.74, 6) is 5.33. The van der Waals surface area contributed by atoms with Crippen LogP contribution in [-0.4, -0.2) is 49.2 Å². The van der Waals surface area contributed by atoms with Crippen molar-refractivity contribution in [1.29, 1.82) is 0 Å². The Morgan fingerprint density at radius 2 is 1.81 bits per heavy atom. The number of nitrogens with two attached hydrogens (primary N) is 1. The van der Waals surface area contributed by atoms with Gasteiger partial charge in [-0.1, -0.05) is 12.0 Å². The first-order valence-electron chi connectivity index (χ1n) is 11.3. The summed E-state index contributed by atoms with van der Waals surface area (Å²) >= 11 is 0. The number of nitrogens with zero attached hydrogens (tertiary/aromatic N) is 1. The van der Waals surface area contributed by atoms with E-state index in [0.29, 0.717) is 40.7 Å². The van der Waals surface area contributed by atoms with Crippen LogP contribution in [0, 0.1) is 11.8 Å². The lowest BCUT2D eigenvalue weighted by Gasteiger charge is -2.24. The van der Waals surface area contributed by atoms with Crippen LogP contribution in [-0.2, 0) is 16.4 Å². The van der Waals surface area contributed by atoms with Gasteiger partial charge in [0.25, 0.3) is 0 Å². The van der Waals surface area contributed by atoms with E-state index in [1.54, 1.807) is 48.5 Å². The normalized spacial score (nSPS) is 15.8. The largest absolute Gasteiger partial charge is 0.406 e. The molecule has 7 nitrogen and oxygen atoms in total. The number of fused-ring (bicyclic) bond motifs is 1. The van der Waals surface area contributed by atoms with Crippen LogP contribution in [0.1, 0.15) is 28.9 Å². The van der Waals surface area contributed by atoms with Crippen molar-refractivity contribution in [3.63, 3.8) is 0 Å². The second-order valence-corrected chi connectivity index (χ2v) is 10.9. The number of halogens is 3. The molecule has 0 bridgehead atoms. The number of anilines is 2. The number of aromatic nitrogens is 1. The molecule has 4 rings (SSSR count). The van der Waals surface area contributed by atoms with Gasteiger partial charge in [0.2, 0.25) is 5.91 Å². The molecule has 1 aliphatic rings. The predicted molar refractivity (Wildman–Crippen MR) is 134 cm³/mol. The van der Waals surface area contributed by atoms with E-state index in [1.165, 1.54) is 0 Å². The molecule has 1 aliphatic heterocycles. The molecular weight excluding hydrogens is 493 g/mol. The van der Waals surface area contributed by atoms with Crippen molar-refractivity contribution < 1.29 is 26.4 Å². The van der Waals surface area contributed by atoms with Crippen LogP contribution < -0.4 is 16.4 Å². The number of primary amides is 1. The monoisotopic (exact) mass is 518 g/mol. The van der Waals surface area contributed by atoms with Gasteiger partial charge in [0.05, 0.1) is 29.3 Å². The standard InChI is InChI=1S/C25H25F3N4O3S/c26-25(27,28)16-32-20(3-2-12-30-18-8-6-17(7-9-18)24(29)33)15-21-22(4-1-5-23(21)32)31-19-10-13-36(34,35)14-11-19/h1,4-9,15,19,30-31H,10-14,16H2,(H2,29,33). The van der Waals surface area contributed by atoms with Crippen LogP contribution in [0.3, 0.4) is 0 Å². The van der Waals surface area contributed by atoms with Crippen LogP contribution in [0.25, 0.3) is 10.9 Å². The van der Waals surface area contributed by atoms with E-state index in [4.69, 9.17) is 5.73 Å². The highest BCUT2D eigenvalue weighted by atomic mass is 32.2. The summed E-state index contributed by atoms with van der Waals surface area (Å²) in [5.41, 5.74) is 7.52. The fourth-order valence-electron chi connectivity index (χ4n) is 4.15. The number of carbonyl (C=O) groups excluding carboxylic acids is 1. The van der Waals surface area contributed by atoms with Gasteiger partial charge in [0.1, 0.15) is 16.4 Å². The summed E-state index contributed by atoms with van der Waals surface area (Å²) in [4.78, 5) is 11.2. The number of sulfone groups is 1. The van der Waals surface area contributed by atoms with Gasteiger partial charge in [0.15, 0.2) is 0 Å². The zero-order valence-corrected chi connectivity index (χ0v) is 20.0. The minimum atomic E-state index is -4.44. The SMILES string of the molecule is NC(=O)c1ccc(NCC#Cc2cc3c(NC4CCS(=O)(=O)CC4)cccc3n2CC(F)(F)F)cc1. The van der Waals surface area contributed by atoms with Crippen LogP contribution in [0.5, 0.6) is 0 Å². The molecule has 0 unspecified atom stereocenters. The Bertz CT molecular complexity index is 1420. The zero-order chi connectivity index (χ0) is 25.9. The van der Waals surface area contributed by atoms with Crippen molar-refractivity contribution in [3.8, 4) is 11.8 Å². The lowest BCUT2D eigenvalue weighted by molar-refractivity contribution is -0.140. The average molecular weight is 519 g/mol. The Balaban J connectivity index is 1.57. The van der Waals surface area contributed by atoms with Gasteiger partial charge in [-0.3, -0.25) is 4.79 Å². The first-order chi connectivity index (χ1) is 17.0. The fraction of sp³-hybridized carbons (Fsp3) is 0.320. The van der Waals surface area contributed by atoms with Gasteiger partial charge in [-0.15, -0.1) is 0 Å². The molecule has 1 saturated heterocycles. The van der Waals surface area contributed by atoms with E-state index in [2.05, 4.69) is 22.5 Å². The summed E-state index contributed by atoms with van der Waals surface area (Å²) in [6.45, 7) is -1.02. The lowest BCUT2D eigenvalue weighted by atomic mass is 10.1. The molecule has 1 aromatic heterocycles. The van der Waals surface area contributed by atoms with Crippen molar-refractivity contribution in [2.45, 2.75) is 31.6 Å². The van der Waals surface area contributed by atoms with Crippen molar-refractivity contribution in [2.75, 3.05) is 28.7 Å². The number of hydrogen-bond acceptors (Lipinski definition) is 5. The van der Waals surface area contributed by atoms with Gasteiger partial charge >= 0.3 is 6.18 Å². The molecule has 2 aromatic carbocycles. The topological polar surface area (TPSA) is 106 Å². The Hall–Kier alpha value is -3.65. The fourth-order valence-corrected chi connectivity index (χ4v) is 5.64. The summed E-state index contributed by atoms with van der Waals surface area (Å²) in [6.07, 6.45) is -3.55. The van der Waals surface area contributed by atoms with E-state index in [9.17, 15) is 26.4 Å². The first-order valence-corrected chi connectivity index (χ1v) is 13.1. The summed E-state index contributed by atoms with van der Waals surface area (Å²) < 4.78 is 64.7. The van der Waals surface area contributed by atoms with Crippen LogP contribution in [0.15, 0.2) is 48.5 Å². The molecule has 0 radical (unpaired) electrons. The Morgan fingerprint density at radius 1 is 1.11 bits per heavy atom. The van der Waals surface area contributed by atoms with E-state index in [0.717, 1.165) is 4.57 Å². The quantitative estimate of drug-likeness (QED) is 0.431. The predicted octanol–water partition coefficient (Wildman–Crippen LogP) is 3.76.